The predicted octanol–water partition coefficient (Wildman–Crippen LogP) is 11.5. The van der Waals surface area contributed by atoms with Gasteiger partial charge in [0.1, 0.15) is 13.2 Å². The molecule has 0 aromatic rings. The number of aliphatic hydroxyl groups excluding tert-OH is 1. The van der Waals surface area contributed by atoms with E-state index in [0.717, 1.165) is 51.4 Å². The highest BCUT2D eigenvalue weighted by Crippen LogP contribution is 2.38. The third-order valence-electron chi connectivity index (χ3n) is 9.94. The van der Waals surface area contributed by atoms with E-state index in [1.807, 2.05) is 21.1 Å². The minimum atomic E-state index is -4.56. The summed E-state index contributed by atoms with van der Waals surface area (Å²) in [5.74, 6) is -0.173. The highest BCUT2D eigenvalue weighted by Gasteiger charge is 2.24. The maximum Gasteiger partial charge on any atom is 0.268 e. The van der Waals surface area contributed by atoms with E-state index >= 15 is 0 Å². The van der Waals surface area contributed by atoms with Gasteiger partial charge in [-0.3, -0.25) is 9.36 Å². The first-order chi connectivity index (χ1) is 25.5. The molecular formula is C44H87N2O6P. The van der Waals surface area contributed by atoms with Crippen LogP contribution in [0.4, 0.5) is 0 Å². The van der Waals surface area contributed by atoms with Crippen molar-refractivity contribution in [1.29, 1.82) is 0 Å². The van der Waals surface area contributed by atoms with Crippen LogP contribution in [0.15, 0.2) is 24.3 Å². The van der Waals surface area contributed by atoms with Gasteiger partial charge >= 0.3 is 0 Å². The average Bonchev–Trinajstić information content (AvgIpc) is 3.10. The number of nitrogens with zero attached hydrogens (tertiary/aromatic N) is 1. The maximum atomic E-state index is 12.9. The molecule has 0 fully saturated rings. The Hall–Kier alpha value is -1.02. The monoisotopic (exact) mass is 771 g/mol. The van der Waals surface area contributed by atoms with Gasteiger partial charge in [0, 0.05) is 6.42 Å². The van der Waals surface area contributed by atoms with Gasteiger partial charge in [0.25, 0.3) is 7.82 Å². The molecule has 2 N–H and O–H groups in total. The molecule has 0 radical (unpaired) electrons. The highest BCUT2D eigenvalue weighted by atomic mass is 31.2. The SMILES string of the molecule is CCCCCC/C=C\C/C=C\CCCCCCCCCC(=O)NC(COP(=O)([O-])OCC[N+](C)(C)C)C(O)CCCCCCCCCCCCCCC. The van der Waals surface area contributed by atoms with E-state index in [0.29, 0.717) is 23.9 Å². The minimum Gasteiger partial charge on any atom is -0.756 e. The Labute approximate surface area is 328 Å². The largest absolute Gasteiger partial charge is 0.756 e. The molecule has 0 saturated heterocycles. The third kappa shape index (κ3) is 39.0. The Kier molecular flexibility index (Phi) is 35.9. The molecule has 0 aliphatic rings. The third-order valence-corrected chi connectivity index (χ3v) is 10.9. The quantitative estimate of drug-likeness (QED) is 0.0278. The van der Waals surface area contributed by atoms with Crippen molar-refractivity contribution in [3.8, 4) is 0 Å². The molecule has 0 aromatic heterocycles. The first kappa shape index (κ1) is 52.0. The fraction of sp³-hybridized carbons (Fsp3) is 0.886. The smallest absolute Gasteiger partial charge is 0.268 e. The summed E-state index contributed by atoms with van der Waals surface area (Å²) in [5, 5.41) is 13.9. The minimum absolute atomic E-state index is 0.0109. The van der Waals surface area contributed by atoms with Crippen molar-refractivity contribution in [3.05, 3.63) is 24.3 Å². The Bertz CT molecular complexity index is 922. The van der Waals surface area contributed by atoms with Crippen LogP contribution in [0, 0.1) is 0 Å². The number of likely N-dealkylation sites (N-methyl/N-ethyl adjacent to an activating group) is 1. The summed E-state index contributed by atoms with van der Waals surface area (Å²) in [6, 6.07) is -0.801. The van der Waals surface area contributed by atoms with Crippen LogP contribution in [-0.2, 0) is 18.4 Å². The van der Waals surface area contributed by atoms with Crippen molar-refractivity contribution < 1.29 is 32.9 Å². The number of nitrogens with one attached hydrogen (secondary N) is 1. The van der Waals surface area contributed by atoms with Gasteiger partial charge < -0.3 is 28.8 Å². The number of aliphatic hydroxyl groups is 1. The normalized spacial score (nSPS) is 14.6. The first-order valence-corrected chi connectivity index (χ1v) is 23.6. The number of quaternary nitrogens is 1. The number of carbonyl (C=O) groups is 1. The van der Waals surface area contributed by atoms with Crippen LogP contribution < -0.4 is 10.2 Å². The van der Waals surface area contributed by atoms with Gasteiger partial charge in [0.05, 0.1) is 39.9 Å². The van der Waals surface area contributed by atoms with E-state index in [4.69, 9.17) is 9.05 Å². The lowest BCUT2D eigenvalue weighted by atomic mass is 10.0. The topological polar surface area (TPSA) is 108 Å². The van der Waals surface area contributed by atoms with Crippen LogP contribution in [0.1, 0.15) is 200 Å². The zero-order chi connectivity index (χ0) is 39.3. The summed E-state index contributed by atoms with van der Waals surface area (Å²) in [6.45, 7) is 4.69. The van der Waals surface area contributed by atoms with Gasteiger partial charge in [-0.25, -0.2) is 0 Å². The van der Waals surface area contributed by atoms with Crippen molar-refractivity contribution in [2.24, 2.45) is 0 Å². The highest BCUT2D eigenvalue weighted by molar-refractivity contribution is 7.45. The maximum absolute atomic E-state index is 12.9. The van der Waals surface area contributed by atoms with Crippen molar-refractivity contribution in [1.82, 2.24) is 5.32 Å². The van der Waals surface area contributed by atoms with E-state index in [9.17, 15) is 19.4 Å². The van der Waals surface area contributed by atoms with Crippen LogP contribution >= 0.6 is 7.82 Å². The second-order valence-electron chi connectivity index (χ2n) is 16.4. The summed E-state index contributed by atoms with van der Waals surface area (Å²) in [5.41, 5.74) is 0. The molecule has 0 aromatic carbocycles. The fourth-order valence-corrected chi connectivity index (χ4v) is 7.09. The number of amides is 1. The van der Waals surface area contributed by atoms with Gasteiger partial charge in [0.2, 0.25) is 5.91 Å². The zero-order valence-electron chi connectivity index (χ0n) is 35.5. The summed E-state index contributed by atoms with van der Waals surface area (Å²) in [7, 11) is 1.30. The molecule has 1 amide bonds. The summed E-state index contributed by atoms with van der Waals surface area (Å²) < 4.78 is 23.2. The van der Waals surface area contributed by atoms with Gasteiger partial charge in [-0.2, -0.15) is 0 Å². The predicted molar refractivity (Wildman–Crippen MR) is 224 cm³/mol. The van der Waals surface area contributed by atoms with Crippen LogP contribution in [0.2, 0.25) is 0 Å². The first-order valence-electron chi connectivity index (χ1n) is 22.2. The molecule has 0 bridgehead atoms. The van der Waals surface area contributed by atoms with Crippen LogP contribution in [-0.4, -0.2) is 68.5 Å². The lowest BCUT2D eigenvalue weighted by molar-refractivity contribution is -0.870. The lowest BCUT2D eigenvalue weighted by Crippen LogP contribution is -2.46. The lowest BCUT2D eigenvalue weighted by Gasteiger charge is -2.30. The number of rotatable bonds is 40. The molecule has 53 heavy (non-hydrogen) atoms. The van der Waals surface area contributed by atoms with E-state index in [1.54, 1.807) is 0 Å². The summed E-state index contributed by atoms with van der Waals surface area (Å²) in [6.07, 6.45) is 41.7. The zero-order valence-corrected chi connectivity index (χ0v) is 36.4. The molecule has 0 heterocycles. The van der Waals surface area contributed by atoms with Gasteiger partial charge in [-0.05, 0) is 44.9 Å². The molecule has 3 atom stereocenters. The molecule has 9 heteroatoms. The van der Waals surface area contributed by atoms with Crippen molar-refractivity contribution >= 4 is 13.7 Å². The molecule has 8 nitrogen and oxygen atoms in total. The van der Waals surface area contributed by atoms with Crippen LogP contribution in [0.5, 0.6) is 0 Å². The van der Waals surface area contributed by atoms with Crippen LogP contribution in [0.25, 0.3) is 0 Å². The molecule has 0 spiro atoms. The second-order valence-corrected chi connectivity index (χ2v) is 17.8. The standard InChI is InChI=1S/C44H87N2O6P/c1-6-8-10-12-14-16-18-20-21-22-23-24-26-28-30-32-34-36-38-44(48)45-42(41-52-53(49,50)51-40-39-46(3,4)5)43(47)37-35-33-31-29-27-25-19-17-15-13-11-9-7-2/h16,18,21-22,42-43,47H,6-15,17,19-20,23-41H2,1-5H3,(H-,45,48,49,50)/b18-16-,22-21-. The number of carbonyl (C=O) groups excluding carboxylic acids is 1. The fourth-order valence-electron chi connectivity index (χ4n) is 6.36. The van der Waals surface area contributed by atoms with Crippen molar-refractivity contribution in [2.75, 3.05) is 40.9 Å². The number of phosphoric acid groups is 1. The van der Waals surface area contributed by atoms with Crippen molar-refractivity contribution in [3.63, 3.8) is 0 Å². The number of hydrogen-bond acceptors (Lipinski definition) is 6. The molecular weight excluding hydrogens is 683 g/mol. The Morgan fingerprint density at radius 2 is 1.09 bits per heavy atom. The van der Waals surface area contributed by atoms with Gasteiger partial charge in [0.15, 0.2) is 0 Å². The Morgan fingerprint density at radius 1 is 0.660 bits per heavy atom. The Balaban J connectivity index is 4.36. The van der Waals surface area contributed by atoms with Crippen LogP contribution in [0.3, 0.4) is 0 Å². The molecule has 0 aliphatic heterocycles. The summed E-state index contributed by atoms with van der Waals surface area (Å²) >= 11 is 0. The number of unbranched alkanes of at least 4 members (excludes halogenated alkanes) is 23. The van der Waals surface area contributed by atoms with E-state index < -0.39 is 20.0 Å². The van der Waals surface area contributed by atoms with E-state index in [2.05, 4.69) is 43.5 Å². The molecule has 3 unspecified atom stereocenters. The van der Waals surface area contributed by atoms with Crippen molar-refractivity contribution in [2.45, 2.75) is 212 Å². The molecule has 0 saturated carbocycles. The Morgan fingerprint density at radius 3 is 1.58 bits per heavy atom. The molecule has 314 valence electrons. The average molecular weight is 771 g/mol. The number of phosphoric ester groups is 1. The van der Waals surface area contributed by atoms with E-state index in [1.165, 1.54) is 122 Å². The number of allylic oxidation sites excluding steroid dienone is 4. The second kappa shape index (κ2) is 36.6. The van der Waals surface area contributed by atoms with Gasteiger partial charge in [-0.15, -0.1) is 0 Å². The number of hydrogen-bond donors (Lipinski definition) is 2. The summed E-state index contributed by atoms with van der Waals surface area (Å²) in [4.78, 5) is 25.3. The molecule has 0 rings (SSSR count). The van der Waals surface area contributed by atoms with Gasteiger partial charge in [-0.1, -0.05) is 173 Å². The van der Waals surface area contributed by atoms with E-state index in [-0.39, 0.29) is 19.1 Å². The molecule has 0 aliphatic carbocycles.